The summed E-state index contributed by atoms with van der Waals surface area (Å²) in [6.45, 7) is 0. The lowest BCUT2D eigenvalue weighted by Crippen LogP contribution is -2.09. The molecule has 0 saturated carbocycles. The van der Waals surface area contributed by atoms with Crippen LogP contribution in [0, 0.1) is 0 Å². The van der Waals surface area contributed by atoms with Crippen LogP contribution in [0.1, 0.15) is 0 Å². The van der Waals surface area contributed by atoms with Gasteiger partial charge in [0.05, 0.1) is 22.4 Å². The molecule has 0 fully saturated rings. The van der Waals surface area contributed by atoms with Crippen LogP contribution in [0.15, 0.2) is 224 Å². The predicted molar refractivity (Wildman–Crippen MR) is 239 cm³/mol. The van der Waals surface area contributed by atoms with Crippen molar-refractivity contribution in [2.75, 3.05) is 4.90 Å². The SMILES string of the molecule is c1ccc(-c2ccc(-c3ccc(N(c4ccccc4)c4cccc(-c5ccc6c(ccc7nc(-c8ccccc8)c(-c8ccccc8)nc76)c5)c4)cc3)cc2)cc1. The molecule has 0 atom stereocenters. The van der Waals surface area contributed by atoms with E-state index in [4.69, 9.17) is 9.97 Å². The highest BCUT2D eigenvalue weighted by Gasteiger charge is 2.17. The molecule has 0 unspecified atom stereocenters. The Morgan fingerprint density at radius 1 is 0.281 bits per heavy atom. The zero-order valence-corrected chi connectivity index (χ0v) is 31.2. The molecule has 0 radical (unpaired) electrons. The molecule has 0 N–H and O–H groups in total. The normalized spacial score (nSPS) is 11.2. The minimum absolute atomic E-state index is 0.879. The minimum Gasteiger partial charge on any atom is -0.310 e. The van der Waals surface area contributed by atoms with E-state index in [1.54, 1.807) is 0 Å². The summed E-state index contributed by atoms with van der Waals surface area (Å²) < 4.78 is 0. The second kappa shape index (κ2) is 14.9. The van der Waals surface area contributed by atoms with E-state index in [2.05, 4.69) is 217 Å². The fourth-order valence-electron chi connectivity index (χ4n) is 7.76. The monoisotopic (exact) mass is 727 g/mol. The van der Waals surface area contributed by atoms with E-state index in [0.29, 0.717) is 0 Å². The van der Waals surface area contributed by atoms with Crippen molar-refractivity contribution >= 4 is 38.9 Å². The van der Waals surface area contributed by atoms with E-state index in [1.807, 2.05) is 12.1 Å². The third kappa shape index (κ3) is 6.73. The van der Waals surface area contributed by atoms with Gasteiger partial charge >= 0.3 is 0 Å². The molecule has 0 aliphatic carbocycles. The number of anilines is 3. The molecular weight excluding hydrogens is 691 g/mol. The van der Waals surface area contributed by atoms with Gasteiger partial charge in [0, 0.05) is 33.6 Å². The molecule has 0 spiro atoms. The molecule has 57 heavy (non-hydrogen) atoms. The highest BCUT2D eigenvalue weighted by Crippen LogP contribution is 2.39. The van der Waals surface area contributed by atoms with Crippen LogP contribution in [0.25, 0.3) is 77.7 Å². The molecule has 0 aliphatic heterocycles. The van der Waals surface area contributed by atoms with Crippen molar-refractivity contribution < 1.29 is 0 Å². The Balaban J connectivity index is 1.00. The van der Waals surface area contributed by atoms with Crippen LogP contribution < -0.4 is 4.90 Å². The first kappa shape index (κ1) is 33.9. The predicted octanol–water partition coefficient (Wildman–Crippen LogP) is 14.6. The highest BCUT2D eigenvalue weighted by molar-refractivity contribution is 6.06. The van der Waals surface area contributed by atoms with Crippen LogP contribution in [-0.4, -0.2) is 9.97 Å². The van der Waals surface area contributed by atoms with Crippen molar-refractivity contribution in [3.8, 4) is 55.9 Å². The molecule has 0 aliphatic rings. The summed E-state index contributed by atoms with van der Waals surface area (Å²) in [5.74, 6) is 0. The lowest BCUT2D eigenvalue weighted by Gasteiger charge is -2.26. The summed E-state index contributed by atoms with van der Waals surface area (Å²) in [6, 6.07) is 79.2. The first-order valence-electron chi connectivity index (χ1n) is 19.3. The van der Waals surface area contributed by atoms with Gasteiger partial charge < -0.3 is 4.90 Å². The smallest absolute Gasteiger partial charge is 0.0973 e. The Morgan fingerprint density at radius 3 is 1.33 bits per heavy atom. The maximum atomic E-state index is 5.33. The Labute approximate surface area is 332 Å². The lowest BCUT2D eigenvalue weighted by molar-refractivity contribution is 1.28. The molecule has 1 heterocycles. The number of aromatic nitrogens is 2. The number of hydrogen-bond donors (Lipinski definition) is 0. The minimum atomic E-state index is 0.879. The molecule has 10 rings (SSSR count). The van der Waals surface area contributed by atoms with Crippen molar-refractivity contribution in [2.45, 2.75) is 0 Å². The molecule has 3 nitrogen and oxygen atoms in total. The van der Waals surface area contributed by atoms with E-state index in [9.17, 15) is 0 Å². The molecule has 9 aromatic carbocycles. The Morgan fingerprint density at radius 2 is 0.719 bits per heavy atom. The maximum absolute atomic E-state index is 5.33. The number of para-hydroxylation sites is 1. The zero-order chi connectivity index (χ0) is 38.0. The lowest BCUT2D eigenvalue weighted by atomic mass is 9.98. The van der Waals surface area contributed by atoms with E-state index in [0.717, 1.165) is 72.5 Å². The van der Waals surface area contributed by atoms with Gasteiger partial charge in [0.2, 0.25) is 0 Å². The van der Waals surface area contributed by atoms with Gasteiger partial charge in [0.15, 0.2) is 0 Å². The van der Waals surface area contributed by atoms with Crippen molar-refractivity contribution in [1.29, 1.82) is 0 Å². The summed E-state index contributed by atoms with van der Waals surface area (Å²) in [5.41, 5.74) is 16.0. The Kier molecular flexibility index (Phi) is 8.86. The van der Waals surface area contributed by atoms with Gasteiger partial charge in [-0.1, -0.05) is 176 Å². The van der Waals surface area contributed by atoms with Crippen LogP contribution in [0.2, 0.25) is 0 Å². The third-order valence-electron chi connectivity index (χ3n) is 10.6. The fraction of sp³-hybridized carbons (Fsp3) is 0. The average molecular weight is 728 g/mol. The van der Waals surface area contributed by atoms with E-state index in [-0.39, 0.29) is 0 Å². The fourth-order valence-corrected chi connectivity index (χ4v) is 7.76. The topological polar surface area (TPSA) is 29.0 Å². The first-order valence-corrected chi connectivity index (χ1v) is 19.3. The number of benzene rings is 9. The second-order valence-electron chi connectivity index (χ2n) is 14.2. The summed E-state index contributed by atoms with van der Waals surface area (Å²) in [4.78, 5) is 12.9. The van der Waals surface area contributed by atoms with Gasteiger partial charge in [-0.15, -0.1) is 0 Å². The summed E-state index contributed by atoms with van der Waals surface area (Å²) in [6.07, 6.45) is 0. The largest absolute Gasteiger partial charge is 0.310 e. The van der Waals surface area contributed by atoms with Crippen molar-refractivity contribution in [2.24, 2.45) is 0 Å². The number of rotatable bonds is 8. The van der Waals surface area contributed by atoms with Crippen molar-refractivity contribution in [3.63, 3.8) is 0 Å². The Hall–Kier alpha value is -7.62. The van der Waals surface area contributed by atoms with Crippen molar-refractivity contribution in [3.05, 3.63) is 224 Å². The molecule has 0 amide bonds. The summed E-state index contributed by atoms with van der Waals surface area (Å²) in [7, 11) is 0. The molecule has 3 heteroatoms. The third-order valence-corrected chi connectivity index (χ3v) is 10.6. The van der Waals surface area contributed by atoms with Gasteiger partial charge in [-0.2, -0.15) is 0 Å². The van der Waals surface area contributed by atoms with Crippen LogP contribution in [0.3, 0.4) is 0 Å². The van der Waals surface area contributed by atoms with Crippen LogP contribution in [0.4, 0.5) is 17.1 Å². The molecular formula is C54H37N3. The van der Waals surface area contributed by atoms with E-state index >= 15 is 0 Å². The number of hydrogen-bond acceptors (Lipinski definition) is 3. The zero-order valence-electron chi connectivity index (χ0n) is 31.2. The van der Waals surface area contributed by atoms with Crippen LogP contribution in [-0.2, 0) is 0 Å². The first-order chi connectivity index (χ1) is 28.2. The van der Waals surface area contributed by atoms with Gasteiger partial charge in [-0.25, -0.2) is 9.97 Å². The van der Waals surface area contributed by atoms with Gasteiger partial charge in [0.25, 0.3) is 0 Å². The van der Waals surface area contributed by atoms with Crippen molar-refractivity contribution in [1.82, 2.24) is 9.97 Å². The quantitative estimate of drug-likeness (QED) is 0.146. The molecule has 0 saturated heterocycles. The van der Waals surface area contributed by atoms with Gasteiger partial charge in [0.1, 0.15) is 0 Å². The van der Waals surface area contributed by atoms with Crippen LogP contribution >= 0.6 is 0 Å². The Bertz CT molecular complexity index is 2960. The summed E-state index contributed by atoms with van der Waals surface area (Å²) in [5, 5.41) is 2.20. The van der Waals surface area contributed by atoms with Gasteiger partial charge in [-0.05, 0) is 87.3 Å². The van der Waals surface area contributed by atoms with E-state index in [1.165, 1.54) is 22.3 Å². The van der Waals surface area contributed by atoms with E-state index < -0.39 is 0 Å². The molecule has 1 aromatic heterocycles. The molecule has 0 bridgehead atoms. The van der Waals surface area contributed by atoms with Crippen LogP contribution in [0.5, 0.6) is 0 Å². The van der Waals surface area contributed by atoms with Gasteiger partial charge in [-0.3, -0.25) is 0 Å². The standard InChI is InChI=1S/C54H37N3/c1-5-14-38(15-6-1)39-24-26-40(27-25-39)41-28-32-48(33-29-41)57(47-21-11-4-12-22-47)49-23-13-20-44(37-49)45-30-34-50-46(36-45)31-35-51-54(50)56-53(43-18-9-3-10-19-43)52(55-51)42-16-7-2-8-17-42/h1-37H. The summed E-state index contributed by atoms with van der Waals surface area (Å²) >= 11 is 0. The highest BCUT2D eigenvalue weighted by atomic mass is 15.1. The molecule has 10 aromatic rings. The number of nitrogens with zero attached hydrogens (tertiary/aromatic N) is 3. The number of fused-ring (bicyclic) bond motifs is 3. The second-order valence-corrected chi connectivity index (χ2v) is 14.2. The average Bonchev–Trinajstić information content (AvgIpc) is 3.30. The molecule has 268 valence electrons. The maximum Gasteiger partial charge on any atom is 0.0973 e.